The molecule has 6 heteroatoms. The summed E-state index contributed by atoms with van der Waals surface area (Å²) in [5.74, 6) is -0.154. The fraction of sp³-hybridized carbons (Fsp3) is 0.0714. The summed E-state index contributed by atoms with van der Waals surface area (Å²) in [5, 5.41) is 17.4. The van der Waals surface area contributed by atoms with Gasteiger partial charge in [0.25, 0.3) is 0 Å². The predicted molar refractivity (Wildman–Crippen MR) is 139 cm³/mol. The summed E-state index contributed by atoms with van der Waals surface area (Å²) < 4.78 is -0.298. The Bertz CT molecular complexity index is 1240. The van der Waals surface area contributed by atoms with E-state index in [1.807, 2.05) is 66.8 Å². The van der Waals surface area contributed by atoms with Crippen molar-refractivity contribution in [2.75, 3.05) is 0 Å². The van der Waals surface area contributed by atoms with Gasteiger partial charge in [-0.25, -0.2) is 0 Å². The van der Waals surface area contributed by atoms with E-state index in [2.05, 4.69) is 31.9 Å². The van der Waals surface area contributed by atoms with Crippen LogP contribution >= 0.6 is 31.9 Å². The zero-order valence-corrected chi connectivity index (χ0v) is 21.0. The lowest BCUT2D eigenvalue weighted by atomic mass is 9.94. The fourth-order valence-corrected chi connectivity index (χ4v) is 3.72. The monoisotopic (exact) mass is 572 g/mol. The van der Waals surface area contributed by atoms with Crippen molar-refractivity contribution in [2.45, 2.75) is 3.23 Å². The molecule has 4 rings (SSSR count). The number of benzene rings is 3. The lowest BCUT2D eigenvalue weighted by Crippen LogP contribution is -2.16. The molecule has 0 heterocycles. The summed E-state index contributed by atoms with van der Waals surface area (Å²) >= 11 is 6.91. The number of halogens is 2. The highest BCUT2D eigenvalue weighted by Gasteiger charge is 2.23. The number of Topliss-reactive ketones (excluding diaryl/α,β-unsaturated/α-hetero) is 1. The van der Waals surface area contributed by atoms with E-state index < -0.39 is 0 Å². The minimum atomic E-state index is -0.298. The first-order valence-corrected chi connectivity index (χ1v) is 11.8. The van der Waals surface area contributed by atoms with Gasteiger partial charge in [0.2, 0.25) is 0 Å². The van der Waals surface area contributed by atoms with E-state index in [0.29, 0.717) is 22.3 Å². The molecule has 0 amide bonds. The van der Waals surface area contributed by atoms with E-state index in [1.54, 1.807) is 48.5 Å². The number of rotatable bonds is 4. The Morgan fingerprint density at radius 3 is 1.53 bits per heavy atom. The van der Waals surface area contributed by atoms with Gasteiger partial charge in [0.05, 0.1) is 29.2 Å². The molecule has 0 fully saturated rings. The van der Waals surface area contributed by atoms with Crippen molar-refractivity contribution in [3.63, 3.8) is 0 Å². The third-order valence-corrected chi connectivity index (χ3v) is 6.02. The third-order valence-electron chi connectivity index (χ3n) is 4.96. The number of hydrogen-bond donors (Lipinski definition) is 0. The highest BCUT2D eigenvalue weighted by Crippen LogP contribution is 2.34. The standard InChI is InChI=1S/C15H8N2O.C13H10Br2O/c16-9-11-1-5-13(6-2-11)15(18)14-7-3-12(10-17)4-8-14;14-13(15)8-6-11(7-9-13)12(16)10-4-2-1-3-5-10/h1-8H;1-9,11H. The highest BCUT2D eigenvalue weighted by molar-refractivity contribution is 9.25. The molecular weight excluding hydrogens is 556 g/mol. The van der Waals surface area contributed by atoms with Crippen LogP contribution in [-0.2, 0) is 0 Å². The summed E-state index contributed by atoms with van der Waals surface area (Å²) in [5.41, 5.74) is 2.84. The van der Waals surface area contributed by atoms with Crippen molar-refractivity contribution in [2.24, 2.45) is 5.92 Å². The number of hydrogen-bond acceptors (Lipinski definition) is 4. The predicted octanol–water partition coefficient (Wildman–Crippen LogP) is 6.76. The molecule has 0 unspecified atom stereocenters. The largest absolute Gasteiger partial charge is 0.293 e. The van der Waals surface area contributed by atoms with Crippen molar-refractivity contribution in [3.05, 3.63) is 131 Å². The van der Waals surface area contributed by atoms with E-state index in [-0.39, 0.29) is 20.7 Å². The maximum Gasteiger partial charge on any atom is 0.193 e. The molecule has 0 N–H and O–H groups in total. The van der Waals surface area contributed by atoms with Crippen molar-refractivity contribution in [1.29, 1.82) is 10.5 Å². The lowest BCUT2D eigenvalue weighted by molar-refractivity contribution is 0.0963. The third kappa shape index (κ3) is 6.71. The first-order chi connectivity index (χ1) is 16.3. The normalized spacial score (nSPS) is 13.6. The smallest absolute Gasteiger partial charge is 0.193 e. The van der Waals surface area contributed by atoms with Crippen LogP contribution in [-0.4, -0.2) is 14.8 Å². The van der Waals surface area contributed by atoms with Gasteiger partial charge in [-0.2, -0.15) is 10.5 Å². The van der Waals surface area contributed by atoms with Crippen LogP contribution in [0.15, 0.2) is 103 Å². The molecule has 0 atom stereocenters. The number of ketones is 2. The van der Waals surface area contributed by atoms with Gasteiger partial charge in [-0.1, -0.05) is 86.5 Å². The molecule has 0 radical (unpaired) electrons. The molecule has 34 heavy (non-hydrogen) atoms. The number of carbonyl (C=O) groups excluding carboxylic acids is 2. The maximum atomic E-state index is 12.1. The molecule has 1 aliphatic carbocycles. The van der Waals surface area contributed by atoms with Crippen molar-refractivity contribution < 1.29 is 9.59 Å². The fourth-order valence-electron chi connectivity index (χ4n) is 3.11. The van der Waals surface area contributed by atoms with Gasteiger partial charge < -0.3 is 0 Å². The number of nitrogens with zero attached hydrogens (tertiary/aromatic N) is 2. The van der Waals surface area contributed by atoms with E-state index in [0.717, 1.165) is 5.56 Å². The molecule has 3 aromatic carbocycles. The summed E-state index contributed by atoms with van der Waals surface area (Å²) in [6, 6.07) is 26.3. The van der Waals surface area contributed by atoms with Crippen molar-refractivity contribution in [1.82, 2.24) is 0 Å². The molecule has 4 nitrogen and oxygen atoms in total. The Kier molecular flexibility index (Phi) is 8.49. The molecule has 0 aliphatic heterocycles. The first-order valence-electron chi connectivity index (χ1n) is 10.2. The molecule has 0 saturated heterocycles. The second kappa shape index (κ2) is 11.5. The van der Waals surface area contributed by atoms with Gasteiger partial charge in [0.15, 0.2) is 11.6 Å². The number of alkyl halides is 2. The van der Waals surface area contributed by atoms with E-state index in [4.69, 9.17) is 10.5 Å². The number of nitriles is 2. The van der Waals surface area contributed by atoms with Gasteiger partial charge in [0.1, 0.15) is 3.23 Å². The van der Waals surface area contributed by atoms with E-state index >= 15 is 0 Å². The zero-order chi connectivity index (χ0) is 24.6. The van der Waals surface area contributed by atoms with Crippen LogP contribution in [0.2, 0.25) is 0 Å². The van der Waals surface area contributed by atoms with Gasteiger partial charge in [0, 0.05) is 16.7 Å². The summed E-state index contributed by atoms with van der Waals surface area (Å²) in [4.78, 5) is 24.2. The van der Waals surface area contributed by atoms with Crippen LogP contribution < -0.4 is 0 Å². The van der Waals surface area contributed by atoms with Gasteiger partial charge in [-0.3, -0.25) is 9.59 Å². The van der Waals surface area contributed by atoms with Gasteiger partial charge in [-0.05, 0) is 48.5 Å². The van der Waals surface area contributed by atoms with Crippen molar-refractivity contribution in [3.8, 4) is 12.1 Å². The second-order valence-corrected chi connectivity index (χ2v) is 11.0. The molecule has 0 aromatic heterocycles. The van der Waals surface area contributed by atoms with Crippen LogP contribution in [0.5, 0.6) is 0 Å². The van der Waals surface area contributed by atoms with E-state index in [1.165, 1.54) is 0 Å². The molecule has 0 spiro atoms. The topological polar surface area (TPSA) is 81.7 Å². The molecule has 1 aliphatic rings. The molecule has 0 bridgehead atoms. The summed E-state index contributed by atoms with van der Waals surface area (Å²) in [6.45, 7) is 0. The molecule has 0 saturated carbocycles. The van der Waals surface area contributed by atoms with Crippen LogP contribution in [0.25, 0.3) is 0 Å². The maximum absolute atomic E-state index is 12.1. The molecular formula is C28H18Br2N2O2. The lowest BCUT2D eigenvalue weighted by Gasteiger charge is -2.18. The van der Waals surface area contributed by atoms with Gasteiger partial charge >= 0.3 is 0 Å². The Morgan fingerprint density at radius 2 is 1.12 bits per heavy atom. The number of carbonyl (C=O) groups is 2. The minimum absolute atomic E-state index is 0.121. The summed E-state index contributed by atoms with van der Waals surface area (Å²) in [6.07, 6.45) is 7.66. The van der Waals surface area contributed by atoms with Crippen LogP contribution in [0.3, 0.4) is 0 Å². The number of allylic oxidation sites excluding steroid dienone is 4. The highest BCUT2D eigenvalue weighted by atomic mass is 79.9. The Morgan fingerprint density at radius 1 is 0.676 bits per heavy atom. The van der Waals surface area contributed by atoms with E-state index in [9.17, 15) is 9.59 Å². The van der Waals surface area contributed by atoms with Gasteiger partial charge in [-0.15, -0.1) is 0 Å². The average Bonchev–Trinajstić information content (AvgIpc) is 2.89. The van der Waals surface area contributed by atoms with Crippen molar-refractivity contribution >= 4 is 43.4 Å². The molecule has 3 aromatic rings. The van der Waals surface area contributed by atoms with Crippen LogP contribution in [0, 0.1) is 28.6 Å². The Hall–Kier alpha value is -3.58. The first kappa shape index (κ1) is 25.1. The second-order valence-electron chi connectivity index (χ2n) is 7.36. The zero-order valence-electron chi connectivity index (χ0n) is 17.9. The Balaban J connectivity index is 0.000000192. The van der Waals surface area contributed by atoms with Crippen LogP contribution in [0.1, 0.15) is 37.4 Å². The summed E-state index contributed by atoms with van der Waals surface area (Å²) in [7, 11) is 0. The molecule has 166 valence electrons. The average molecular weight is 574 g/mol. The minimum Gasteiger partial charge on any atom is -0.293 e. The quantitative estimate of drug-likeness (QED) is 0.196. The SMILES string of the molecule is N#Cc1ccc(C(=O)c2ccc(C#N)cc2)cc1.O=C(c1ccccc1)C1C=CC(Br)(Br)C=C1. The van der Waals surface area contributed by atoms with Crippen LogP contribution in [0.4, 0.5) is 0 Å². The Labute approximate surface area is 215 Å².